The van der Waals surface area contributed by atoms with Crippen LogP contribution >= 0.6 is 0 Å². The van der Waals surface area contributed by atoms with Crippen LogP contribution in [0.4, 0.5) is 24.8 Å². The molecule has 0 saturated heterocycles. The minimum Gasteiger partial charge on any atom is -0.384 e. The fraction of sp³-hybridized carbons (Fsp3) is 0.312. The van der Waals surface area contributed by atoms with Gasteiger partial charge in [0.15, 0.2) is 5.65 Å². The lowest BCUT2D eigenvalue weighted by Crippen LogP contribution is -2.10. The highest BCUT2D eigenvalue weighted by Crippen LogP contribution is 2.26. The van der Waals surface area contributed by atoms with Crippen molar-refractivity contribution in [2.45, 2.75) is 32.5 Å². The maximum atomic E-state index is 12.4. The van der Waals surface area contributed by atoms with Crippen LogP contribution in [0.25, 0.3) is 22.4 Å². The summed E-state index contributed by atoms with van der Waals surface area (Å²) in [6, 6.07) is 6.82. The number of nitrogens with zero attached hydrogens (tertiary/aromatic N) is 4. The van der Waals surface area contributed by atoms with Gasteiger partial charge in [0.25, 0.3) is 0 Å². The number of nitrogens with two attached hydrogens (primary N) is 2. The topological polar surface area (TPSA) is 95.6 Å². The lowest BCUT2D eigenvalue weighted by Gasteiger charge is -2.09. The molecule has 0 fully saturated rings. The zero-order valence-electron chi connectivity index (χ0n) is 13.5. The molecule has 0 aliphatic rings. The van der Waals surface area contributed by atoms with Crippen LogP contribution in [-0.2, 0) is 6.54 Å². The molecule has 0 bridgehead atoms. The summed E-state index contributed by atoms with van der Waals surface area (Å²) in [5.74, 6) is 1.16. The molecule has 0 spiro atoms. The molecule has 3 aromatic heterocycles. The van der Waals surface area contributed by atoms with E-state index >= 15 is 0 Å². The van der Waals surface area contributed by atoms with Gasteiger partial charge in [0.1, 0.15) is 23.0 Å². The van der Waals surface area contributed by atoms with E-state index < -0.39 is 12.6 Å². The molecule has 0 aliphatic heterocycles. The molecular weight excluding hydrogens is 333 g/mol. The molecule has 6 nitrogen and oxygen atoms in total. The van der Waals surface area contributed by atoms with Gasteiger partial charge in [0, 0.05) is 18.5 Å². The van der Waals surface area contributed by atoms with Gasteiger partial charge in [0.05, 0.1) is 5.69 Å². The summed E-state index contributed by atoms with van der Waals surface area (Å²) in [6.07, 6.45) is -5.05. The number of aryl methyl sites for hydroxylation is 2. The predicted molar refractivity (Wildman–Crippen MR) is 89.6 cm³/mol. The van der Waals surface area contributed by atoms with Crippen LogP contribution in [0.15, 0.2) is 24.3 Å². The van der Waals surface area contributed by atoms with Gasteiger partial charge in [-0.05, 0) is 37.6 Å². The van der Waals surface area contributed by atoms with Crippen LogP contribution in [0.1, 0.15) is 18.7 Å². The molecule has 0 atom stereocenters. The number of rotatable bonds is 4. The Morgan fingerprint density at radius 2 is 1.72 bits per heavy atom. The van der Waals surface area contributed by atoms with Crippen molar-refractivity contribution >= 4 is 22.8 Å². The van der Waals surface area contributed by atoms with Crippen LogP contribution in [0.5, 0.6) is 0 Å². The number of nitrogen functional groups attached to an aromatic ring is 2. The predicted octanol–water partition coefficient (Wildman–Crippen LogP) is 3.31. The van der Waals surface area contributed by atoms with Gasteiger partial charge in [-0.2, -0.15) is 13.2 Å². The molecule has 0 saturated carbocycles. The van der Waals surface area contributed by atoms with Crippen molar-refractivity contribution in [2.75, 3.05) is 11.5 Å². The third-order valence-electron chi connectivity index (χ3n) is 3.79. The van der Waals surface area contributed by atoms with E-state index in [0.29, 0.717) is 28.2 Å². The molecule has 0 amide bonds. The third kappa shape index (κ3) is 3.81. The molecule has 0 aliphatic carbocycles. The van der Waals surface area contributed by atoms with Crippen LogP contribution in [0.3, 0.4) is 0 Å². The monoisotopic (exact) mass is 350 g/mol. The van der Waals surface area contributed by atoms with Crippen molar-refractivity contribution in [3.8, 4) is 11.3 Å². The van der Waals surface area contributed by atoms with Crippen LogP contribution in [0.2, 0.25) is 0 Å². The summed E-state index contributed by atoms with van der Waals surface area (Å²) in [4.78, 5) is 12.8. The van der Waals surface area contributed by atoms with Crippen LogP contribution in [0, 0.1) is 6.92 Å². The number of alkyl halides is 3. The van der Waals surface area contributed by atoms with Gasteiger partial charge in [-0.3, -0.25) is 0 Å². The molecule has 4 N–H and O–H groups in total. The molecule has 9 heteroatoms. The Morgan fingerprint density at radius 1 is 1.04 bits per heavy atom. The first-order valence-electron chi connectivity index (χ1n) is 7.67. The molecular formula is C16H17F3N6. The quantitative estimate of drug-likeness (QED) is 0.753. The van der Waals surface area contributed by atoms with Gasteiger partial charge < -0.3 is 16.0 Å². The second kappa shape index (κ2) is 6.23. The molecule has 25 heavy (non-hydrogen) atoms. The first-order chi connectivity index (χ1) is 11.7. The van der Waals surface area contributed by atoms with E-state index in [-0.39, 0.29) is 24.6 Å². The maximum Gasteiger partial charge on any atom is 0.389 e. The molecule has 0 aromatic carbocycles. The number of pyridine rings is 2. The van der Waals surface area contributed by atoms with Crippen molar-refractivity contribution in [1.29, 1.82) is 0 Å². The smallest absolute Gasteiger partial charge is 0.384 e. The van der Waals surface area contributed by atoms with Gasteiger partial charge in [-0.25, -0.2) is 15.0 Å². The number of hydrogen-bond acceptors (Lipinski definition) is 5. The van der Waals surface area contributed by atoms with E-state index in [0.717, 1.165) is 0 Å². The van der Waals surface area contributed by atoms with Crippen LogP contribution in [-0.4, -0.2) is 25.7 Å². The number of halogens is 3. The summed E-state index contributed by atoms with van der Waals surface area (Å²) in [5.41, 5.74) is 13.9. The Labute approximate surface area is 141 Å². The van der Waals surface area contributed by atoms with Gasteiger partial charge in [-0.15, -0.1) is 0 Å². The zero-order valence-corrected chi connectivity index (χ0v) is 13.5. The van der Waals surface area contributed by atoms with Crippen LogP contribution < -0.4 is 11.5 Å². The van der Waals surface area contributed by atoms with E-state index in [1.54, 1.807) is 35.8 Å². The molecule has 0 unspecified atom stereocenters. The fourth-order valence-electron chi connectivity index (χ4n) is 2.70. The van der Waals surface area contributed by atoms with E-state index in [1.807, 2.05) is 0 Å². The number of anilines is 2. The molecule has 3 aromatic rings. The van der Waals surface area contributed by atoms with E-state index in [1.165, 1.54) is 0 Å². The molecule has 0 radical (unpaired) electrons. The average molecular weight is 350 g/mol. The Bertz CT molecular complexity index is 896. The Morgan fingerprint density at radius 3 is 2.36 bits per heavy atom. The summed E-state index contributed by atoms with van der Waals surface area (Å²) in [6.45, 7) is 1.94. The normalized spacial score (nSPS) is 12.0. The van der Waals surface area contributed by atoms with Crippen molar-refractivity contribution in [1.82, 2.24) is 19.5 Å². The summed E-state index contributed by atoms with van der Waals surface area (Å²) in [7, 11) is 0. The zero-order chi connectivity index (χ0) is 18.2. The summed E-state index contributed by atoms with van der Waals surface area (Å²) >= 11 is 0. The molecule has 132 valence electrons. The van der Waals surface area contributed by atoms with Gasteiger partial charge in [-0.1, -0.05) is 0 Å². The third-order valence-corrected chi connectivity index (χ3v) is 3.79. The first-order valence-corrected chi connectivity index (χ1v) is 7.67. The maximum absolute atomic E-state index is 12.4. The largest absolute Gasteiger partial charge is 0.389 e. The lowest BCUT2D eigenvalue weighted by atomic mass is 10.1. The standard InChI is InChI=1S/C16H17F3N6/c1-9-22-12-4-3-11(10-7-13(20)24-14(21)8-10)23-15(12)25(9)6-2-5-16(17,18)19/h3-4,7-8H,2,5-6H2,1H3,(H4,20,21,24). The highest BCUT2D eigenvalue weighted by atomic mass is 19.4. The SMILES string of the molecule is Cc1nc2ccc(-c3cc(N)nc(N)c3)nc2n1CCCC(F)(F)F. The van der Waals surface area contributed by atoms with E-state index in [4.69, 9.17) is 11.5 Å². The average Bonchev–Trinajstić information content (AvgIpc) is 2.80. The minimum atomic E-state index is -4.17. The van der Waals surface area contributed by atoms with Crippen molar-refractivity contribution in [3.05, 3.63) is 30.1 Å². The summed E-state index contributed by atoms with van der Waals surface area (Å²) < 4.78 is 38.9. The number of aromatic nitrogens is 4. The van der Waals surface area contributed by atoms with Gasteiger partial charge in [0.2, 0.25) is 0 Å². The van der Waals surface area contributed by atoms with Crippen molar-refractivity contribution in [2.24, 2.45) is 0 Å². The highest BCUT2D eigenvalue weighted by molar-refractivity contribution is 5.77. The van der Waals surface area contributed by atoms with Crippen molar-refractivity contribution in [3.63, 3.8) is 0 Å². The van der Waals surface area contributed by atoms with E-state index in [2.05, 4.69) is 15.0 Å². The Hall–Kier alpha value is -2.84. The summed E-state index contributed by atoms with van der Waals surface area (Å²) in [5, 5.41) is 0. The molecule has 3 heterocycles. The fourth-order valence-corrected chi connectivity index (χ4v) is 2.70. The van der Waals surface area contributed by atoms with Crippen molar-refractivity contribution < 1.29 is 13.2 Å². The first kappa shape index (κ1) is 17.0. The minimum absolute atomic E-state index is 0.0309. The second-order valence-corrected chi connectivity index (χ2v) is 5.77. The number of imidazole rings is 1. The molecule has 3 rings (SSSR count). The van der Waals surface area contributed by atoms with Gasteiger partial charge >= 0.3 is 6.18 Å². The number of hydrogen-bond donors (Lipinski definition) is 2. The second-order valence-electron chi connectivity index (χ2n) is 5.77. The Kier molecular flexibility index (Phi) is 4.23. The highest BCUT2D eigenvalue weighted by Gasteiger charge is 2.26. The van der Waals surface area contributed by atoms with E-state index in [9.17, 15) is 13.2 Å². The Balaban J connectivity index is 1.97. The number of fused-ring (bicyclic) bond motifs is 1. The lowest BCUT2D eigenvalue weighted by molar-refractivity contribution is -0.135.